The number of ether oxygens (including phenoxy) is 2. The number of hydrogen-bond acceptors (Lipinski definition) is 4. The summed E-state index contributed by atoms with van der Waals surface area (Å²) in [6, 6.07) is 0. The molecule has 7 heteroatoms. The number of unbranched alkanes of at least 4 members (excludes halogenated alkanes) is 5. The number of esters is 2. The third-order valence-electron chi connectivity index (χ3n) is 3.03. The average molecular weight is 338 g/mol. The first-order valence-electron chi connectivity index (χ1n) is 7.83. The Bertz CT molecular complexity index is 378. The monoisotopic (exact) mass is 338 g/mol. The molecule has 0 unspecified atom stereocenters. The van der Waals surface area contributed by atoms with Gasteiger partial charge in [0.05, 0.1) is 19.4 Å². The fourth-order valence-corrected chi connectivity index (χ4v) is 1.73. The van der Waals surface area contributed by atoms with Crippen LogP contribution in [0.5, 0.6) is 0 Å². The molecule has 23 heavy (non-hydrogen) atoms. The van der Waals surface area contributed by atoms with E-state index < -0.39 is 31.1 Å². The molecule has 0 aromatic heterocycles. The van der Waals surface area contributed by atoms with Gasteiger partial charge in [0.1, 0.15) is 6.61 Å². The zero-order valence-electron chi connectivity index (χ0n) is 13.5. The summed E-state index contributed by atoms with van der Waals surface area (Å²) >= 11 is 0. The summed E-state index contributed by atoms with van der Waals surface area (Å²) in [7, 11) is 0. The van der Waals surface area contributed by atoms with Gasteiger partial charge in [0.15, 0.2) is 0 Å². The van der Waals surface area contributed by atoms with Gasteiger partial charge in [-0.15, -0.1) is 0 Å². The predicted molar refractivity (Wildman–Crippen MR) is 79.7 cm³/mol. The van der Waals surface area contributed by atoms with Gasteiger partial charge in [0, 0.05) is 5.57 Å². The SMILES string of the molecule is C=C(CC(=O)OCCCCCCCC)C(=O)OCCC(F)(F)F. The topological polar surface area (TPSA) is 52.6 Å². The first-order valence-corrected chi connectivity index (χ1v) is 7.83. The van der Waals surface area contributed by atoms with Crippen molar-refractivity contribution in [3.05, 3.63) is 12.2 Å². The van der Waals surface area contributed by atoms with Crippen molar-refractivity contribution in [3.63, 3.8) is 0 Å². The molecular weight excluding hydrogens is 313 g/mol. The van der Waals surface area contributed by atoms with Crippen LogP contribution >= 0.6 is 0 Å². The number of hydrogen-bond donors (Lipinski definition) is 0. The third kappa shape index (κ3) is 13.8. The second kappa shape index (κ2) is 12.0. The van der Waals surface area contributed by atoms with Crippen molar-refractivity contribution in [2.45, 2.75) is 64.5 Å². The van der Waals surface area contributed by atoms with Gasteiger partial charge in [-0.1, -0.05) is 45.6 Å². The van der Waals surface area contributed by atoms with Crippen molar-refractivity contribution in [1.82, 2.24) is 0 Å². The van der Waals surface area contributed by atoms with Crippen LogP contribution in [0.25, 0.3) is 0 Å². The maximum absolute atomic E-state index is 11.9. The molecule has 0 rings (SSSR count). The van der Waals surface area contributed by atoms with Crippen molar-refractivity contribution < 1.29 is 32.2 Å². The molecule has 0 radical (unpaired) electrons. The molecule has 0 atom stereocenters. The standard InChI is InChI=1S/C16H25F3O4/c1-3-4-5-6-7-8-10-22-14(20)12-13(2)15(21)23-11-9-16(17,18)19/h2-12H2,1H3. The van der Waals surface area contributed by atoms with E-state index in [0.717, 1.165) is 32.1 Å². The first-order chi connectivity index (χ1) is 10.8. The van der Waals surface area contributed by atoms with Crippen molar-refractivity contribution in [2.24, 2.45) is 0 Å². The molecule has 0 aromatic carbocycles. The molecule has 0 N–H and O–H groups in total. The van der Waals surface area contributed by atoms with Crippen molar-refractivity contribution >= 4 is 11.9 Å². The lowest BCUT2D eigenvalue weighted by Gasteiger charge is -2.09. The zero-order valence-corrected chi connectivity index (χ0v) is 13.5. The molecule has 0 aliphatic heterocycles. The summed E-state index contributed by atoms with van der Waals surface area (Å²) in [6.07, 6.45) is 0.319. The second-order valence-electron chi connectivity index (χ2n) is 5.27. The van der Waals surface area contributed by atoms with E-state index in [2.05, 4.69) is 18.2 Å². The van der Waals surface area contributed by atoms with E-state index in [1.807, 2.05) is 0 Å². The molecule has 4 nitrogen and oxygen atoms in total. The van der Waals surface area contributed by atoms with Crippen LogP contribution in [-0.2, 0) is 19.1 Å². The van der Waals surface area contributed by atoms with Gasteiger partial charge < -0.3 is 9.47 Å². The molecule has 134 valence electrons. The van der Waals surface area contributed by atoms with E-state index in [9.17, 15) is 22.8 Å². The normalized spacial score (nSPS) is 11.1. The Morgan fingerprint density at radius 3 is 2.17 bits per heavy atom. The van der Waals surface area contributed by atoms with Gasteiger partial charge >= 0.3 is 18.1 Å². The molecule has 0 saturated heterocycles. The van der Waals surface area contributed by atoms with Gasteiger partial charge in [0.25, 0.3) is 0 Å². The van der Waals surface area contributed by atoms with E-state index >= 15 is 0 Å². The lowest BCUT2D eigenvalue weighted by Crippen LogP contribution is -2.17. The minimum atomic E-state index is -4.39. The Morgan fingerprint density at radius 2 is 1.57 bits per heavy atom. The summed E-state index contributed by atoms with van der Waals surface area (Å²) in [5.74, 6) is -1.64. The molecule has 0 amide bonds. The molecule has 0 fully saturated rings. The Labute approximate surface area is 135 Å². The largest absolute Gasteiger partial charge is 0.465 e. The fourth-order valence-electron chi connectivity index (χ4n) is 1.73. The van der Waals surface area contributed by atoms with Crippen LogP contribution in [0.1, 0.15) is 58.3 Å². The van der Waals surface area contributed by atoms with Crippen LogP contribution in [0.3, 0.4) is 0 Å². The quantitative estimate of drug-likeness (QED) is 0.302. The Morgan fingerprint density at radius 1 is 0.957 bits per heavy atom. The van der Waals surface area contributed by atoms with Gasteiger partial charge in [-0.25, -0.2) is 4.79 Å². The lowest BCUT2D eigenvalue weighted by atomic mass is 10.1. The first kappa shape index (κ1) is 21.5. The molecule has 0 aromatic rings. The molecule has 0 bridgehead atoms. The molecule has 0 aliphatic rings. The van der Waals surface area contributed by atoms with E-state index in [1.54, 1.807) is 0 Å². The summed E-state index contributed by atoms with van der Waals surface area (Å²) in [5, 5.41) is 0. The van der Waals surface area contributed by atoms with E-state index in [-0.39, 0.29) is 18.6 Å². The van der Waals surface area contributed by atoms with Gasteiger partial charge in [0.2, 0.25) is 0 Å². The number of alkyl halides is 3. The molecule has 0 aliphatic carbocycles. The Hall–Kier alpha value is -1.53. The van der Waals surface area contributed by atoms with E-state index in [0.29, 0.717) is 0 Å². The number of rotatable bonds is 12. The minimum Gasteiger partial charge on any atom is -0.465 e. The minimum absolute atomic E-state index is 0.208. The highest BCUT2D eigenvalue weighted by molar-refractivity contribution is 5.93. The van der Waals surface area contributed by atoms with E-state index in [1.165, 1.54) is 6.42 Å². The summed E-state index contributed by atoms with van der Waals surface area (Å²) in [4.78, 5) is 22.8. The zero-order chi connectivity index (χ0) is 17.7. The van der Waals surface area contributed by atoms with E-state index in [4.69, 9.17) is 4.74 Å². The van der Waals surface area contributed by atoms with Crippen molar-refractivity contribution in [1.29, 1.82) is 0 Å². The lowest BCUT2D eigenvalue weighted by molar-refractivity contribution is -0.157. The summed E-state index contributed by atoms with van der Waals surface area (Å²) in [6.45, 7) is 4.94. The molecule has 0 heterocycles. The highest BCUT2D eigenvalue weighted by Gasteiger charge is 2.27. The highest BCUT2D eigenvalue weighted by Crippen LogP contribution is 2.19. The van der Waals surface area contributed by atoms with Crippen LogP contribution < -0.4 is 0 Å². The maximum Gasteiger partial charge on any atom is 0.392 e. The third-order valence-corrected chi connectivity index (χ3v) is 3.03. The van der Waals surface area contributed by atoms with Crippen LogP contribution in [0, 0.1) is 0 Å². The smallest absolute Gasteiger partial charge is 0.392 e. The fraction of sp³-hybridized carbons (Fsp3) is 0.750. The maximum atomic E-state index is 11.9. The van der Waals surface area contributed by atoms with Crippen LogP contribution in [0.4, 0.5) is 13.2 Å². The predicted octanol–water partition coefficient (Wildman–Crippen LogP) is 4.33. The second-order valence-corrected chi connectivity index (χ2v) is 5.27. The summed E-state index contributed by atoms with van der Waals surface area (Å²) in [5.41, 5.74) is -0.208. The Balaban J connectivity index is 3.72. The van der Waals surface area contributed by atoms with Gasteiger partial charge in [-0.2, -0.15) is 13.2 Å². The van der Waals surface area contributed by atoms with Gasteiger partial charge in [-0.05, 0) is 6.42 Å². The number of carbonyl (C=O) groups excluding carboxylic acids is 2. The Kier molecular flexibility index (Phi) is 11.2. The number of halogens is 3. The molecule has 0 saturated carbocycles. The highest BCUT2D eigenvalue weighted by atomic mass is 19.4. The van der Waals surface area contributed by atoms with Crippen LogP contribution in [0.2, 0.25) is 0 Å². The van der Waals surface area contributed by atoms with Crippen LogP contribution in [-0.4, -0.2) is 31.3 Å². The van der Waals surface area contributed by atoms with Crippen molar-refractivity contribution in [2.75, 3.05) is 13.2 Å². The molecular formula is C16H25F3O4. The number of carbonyl (C=O) groups is 2. The van der Waals surface area contributed by atoms with Crippen LogP contribution in [0.15, 0.2) is 12.2 Å². The van der Waals surface area contributed by atoms with Crippen molar-refractivity contribution in [3.8, 4) is 0 Å². The summed E-state index contributed by atoms with van der Waals surface area (Å²) < 4.78 is 45.0. The van der Waals surface area contributed by atoms with Gasteiger partial charge in [-0.3, -0.25) is 4.79 Å². The molecule has 0 spiro atoms. The average Bonchev–Trinajstić information content (AvgIpc) is 2.44.